The average Bonchev–Trinajstić information content (AvgIpc) is 3.21. The molecule has 0 fully saturated rings. The number of carbonyl (C=O) groups excluding carboxylic acids is 1. The van der Waals surface area contributed by atoms with Crippen molar-refractivity contribution in [3.8, 4) is 0 Å². The van der Waals surface area contributed by atoms with Crippen molar-refractivity contribution in [1.82, 2.24) is 9.97 Å². The van der Waals surface area contributed by atoms with E-state index in [1.165, 1.54) is 17.3 Å². The molecule has 0 spiro atoms. The number of nitrogens with zero attached hydrogens (tertiary/aromatic N) is 3. The van der Waals surface area contributed by atoms with Crippen LogP contribution in [0, 0.1) is 0 Å². The first-order valence-corrected chi connectivity index (χ1v) is 11.8. The molecule has 1 amide bonds. The summed E-state index contributed by atoms with van der Waals surface area (Å²) in [6, 6.07) is 17.6. The molecule has 0 aliphatic heterocycles. The number of para-hydroxylation sites is 1. The summed E-state index contributed by atoms with van der Waals surface area (Å²) in [7, 11) is 0. The molecule has 0 aliphatic rings. The fourth-order valence-corrected chi connectivity index (χ4v) is 5.02. The van der Waals surface area contributed by atoms with E-state index in [-0.39, 0.29) is 5.91 Å². The summed E-state index contributed by atoms with van der Waals surface area (Å²) in [6.07, 6.45) is 4.43. The molecule has 2 aromatic heterocycles. The number of hydrogen-bond donors (Lipinski definition) is 0. The number of thioether (sulfide) groups is 1. The second-order valence-electron chi connectivity index (χ2n) is 6.70. The molecule has 4 nitrogen and oxygen atoms in total. The number of fused-ring (bicyclic) bond motifs is 1. The van der Waals surface area contributed by atoms with E-state index in [9.17, 15) is 4.79 Å². The first-order chi connectivity index (χ1) is 14.6. The number of thiazole rings is 1. The van der Waals surface area contributed by atoms with E-state index in [0.717, 1.165) is 32.2 Å². The lowest BCUT2D eigenvalue weighted by Gasteiger charge is -2.19. The Morgan fingerprint density at radius 1 is 1.13 bits per heavy atom. The van der Waals surface area contributed by atoms with Gasteiger partial charge in [-0.2, -0.15) is 0 Å². The maximum absolute atomic E-state index is 13.2. The summed E-state index contributed by atoms with van der Waals surface area (Å²) in [5.41, 5.74) is 3.14. The molecule has 0 aliphatic carbocycles. The summed E-state index contributed by atoms with van der Waals surface area (Å²) in [5.74, 6) is 0.328. The molecule has 4 aromatic rings. The Bertz CT molecular complexity index is 1150. The third-order valence-corrected chi connectivity index (χ3v) is 6.94. The van der Waals surface area contributed by atoms with Gasteiger partial charge in [-0.25, -0.2) is 4.98 Å². The quantitative estimate of drug-likeness (QED) is 0.311. The molecule has 0 bridgehead atoms. The normalized spacial score (nSPS) is 11.0. The first-order valence-electron chi connectivity index (χ1n) is 9.60. The van der Waals surface area contributed by atoms with Gasteiger partial charge in [-0.1, -0.05) is 48.1 Å². The van der Waals surface area contributed by atoms with Gasteiger partial charge in [0.05, 0.1) is 22.5 Å². The fraction of sp³-hybridized carbons (Fsp3) is 0.174. The van der Waals surface area contributed by atoms with Crippen LogP contribution in [0.15, 0.2) is 71.9 Å². The zero-order valence-electron chi connectivity index (χ0n) is 16.4. The number of aromatic nitrogens is 2. The molecule has 152 valence electrons. The molecule has 0 radical (unpaired) electrons. The Hall–Kier alpha value is -2.41. The summed E-state index contributed by atoms with van der Waals surface area (Å²) >= 11 is 9.01. The predicted molar refractivity (Wildman–Crippen MR) is 127 cm³/mol. The van der Waals surface area contributed by atoms with Crippen LogP contribution in [0.25, 0.3) is 10.2 Å². The summed E-state index contributed by atoms with van der Waals surface area (Å²) in [4.78, 5) is 25.1. The van der Waals surface area contributed by atoms with Crippen LogP contribution in [0.5, 0.6) is 0 Å². The van der Waals surface area contributed by atoms with Crippen molar-refractivity contribution >= 4 is 56.0 Å². The molecule has 2 aromatic carbocycles. The zero-order chi connectivity index (χ0) is 20.9. The monoisotopic (exact) mass is 453 g/mol. The molecule has 7 heteroatoms. The van der Waals surface area contributed by atoms with E-state index in [1.54, 1.807) is 28.6 Å². The zero-order valence-corrected chi connectivity index (χ0v) is 18.8. The Balaban J connectivity index is 1.62. The Morgan fingerprint density at radius 2 is 1.97 bits per heavy atom. The number of rotatable bonds is 7. The van der Waals surface area contributed by atoms with Gasteiger partial charge in [0.1, 0.15) is 0 Å². The maximum Gasteiger partial charge on any atom is 0.239 e. The van der Waals surface area contributed by atoms with Crippen molar-refractivity contribution in [2.45, 2.75) is 24.8 Å². The highest BCUT2D eigenvalue weighted by atomic mass is 35.5. The molecule has 4 rings (SSSR count). The molecule has 30 heavy (non-hydrogen) atoms. The van der Waals surface area contributed by atoms with Crippen LogP contribution in [0.1, 0.15) is 18.1 Å². The Kier molecular flexibility index (Phi) is 6.67. The molecule has 0 unspecified atom stereocenters. The van der Waals surface area contributed by atoms with Gasteiger partial charge in [0, 0.05) is 22.3 Å². The number of halogens is 1. The largest absolute Gasteiger partial charge is 0.283 e. The van der Waals surface area contributed by atoms with Gasteiger partial charge < -0.3 is 0 Å². The number of amides is 1. The minimum atomic E-state index is 0.0101. The van der Waals surface area contributed by atoms with Crippen molar-refractivity contribution in [2.24, 2.45) is 0 Å². The minimum absolute atomic E-state index is 0.0101. The van der Waals surface area contributed by atoms with Gasteiger partial charge in [0.15, 0.2) is 5.13 Å². The number of anilines is 1. The molecule has 0 saturated heterocycles. The molecular weight excluding hydrogens is 434 g/mol. The number of carbonyl (C=O) groups is 1. The highest BCUT2D eigenvalue weighted by Gasteiger charge is 2.21. The van der Waals surface area contributed by atoms with Gasteiger partial charge in [-0.3, -0.25) is 14.7 Å². The van der Waals surface area contributed by atoms with Crippen LogP contribution < -0.4 is 4.90 Å². The maximum atomic E-state index is 13.2. The van der Waals surface area contributed by atoms with Gasteiger partial charge >= 0.3 is 0 Å². The smallest absolute Gasteiger partial charge is 0.239 e. The third-order valence-electron chi connectivity index (χ3n) is 4.64. The fourth-order valence-electron chi connectivity index (χ4n) is 3.09. The highest BCUT2D eigenvalue weighted by molar-refractivity contribution is 8.00. The first kappa shape index (κ1) is 20.8. The lowest BCUT2D eigenvalue weighted by molar-refractivity contribution is -0.116. The van der Waals surface area contributed by atoms with Crippen LogP contribution in [0.2, 0.25) is 5.02 Å². The number of benzene rings is 2. The van der Waals surface area contributed by atoms with Crippen LogP contribution in [0.4, 0.5) is 5.13 Å². The third kappa shape index (κ3) is 4.83. The van der Waals surface area contributed by atoms with E-state index < -0.39 is 0 Å². The van der Waals surface area contributed by atoms with Gasteiger partial charge in [-0.05, 0) is 53.9 Å². The van der Waals surface area contributed by atoms with Gasteiger partial charge in [0.2, 0.25) is 5.91 Å². The van der Waals surface area contributed by atoms with Crippen molar-refractivity contribution < 1.29 is 4.79 Å². The van der Waals surface area contributed by atoms with Crippen LogP contribution >= 0.6 is 34.7 Å². The predicted octanol–water partition coefficient (Wildman–Crippen LogP) is 6.23. The van der Waals surface area contributed by atoms with Gasteiger partial charge in [0.25, 0.3) is 0 Å². The van der Waals surface area contributed by atoms with Crippen molar-refractivity contribution in [1.29, 1.82) is 0 Å². The molecule has 2 heterocycles. The van der Waals surface area contributed by atoms with Crippen LogP contribution in [-0.4, -0.2) is 21.6 Å². The molecule has 0 saturated carbocycles. The van der Waals surface area contributed by atoms with E-state index in [1.807, 2.05) is 42.5 Å². The van der Waals surface area contributed by atoms with Gasteiger partial charge in [-0.15, -0.1) is 11.8 Å². The minimum Gasteiger partial charge on any atom is -0.283 e. The second-order valence-corrected chi connectivity index (χ2v) is 9.19. The lowest BCUT2D eigenvalue weighted by atomic mass is 10.1. The van der Waals surface area contributed by atoms with Crippen LogP contribution in [0.3, 0.4) is 0 Å². The summed E-state index contributed by atoms with van der Waals surface area (Å²) < 4.78 is 1.10. The van der Waals surface area contributed by atoms with E-state index in [2.05, 4.69) is 24.0 Å². The topological polar surface area (TPSA) is 46.1 Å². The Morgan fingerprint density at radius 3 is 2.70 bits per heavy atom. The highest BCUT2D eigenvalue weighted by Crippen LogP contribution is 2.32. The van der Waals surface area contributed by atoms with Crippen molar-refractivity contribution in [2.75, 3.05) is 10.7 Å². The average molecular weight is 454 g/mol. The van der Waals surface area contributed by atoms with E-state index >= 15 is 0 Å². The number of pyridine rings is 1. The summed E-state index contributed by atoms with van der Waals surface area (Å²) in [5, 5.41) is 1.40. The lowest BCUT2D eigenvalue weighted by Crippen LogP contribution is -2.31. The SMILES string of the molecule is CCc1cccc2sc(N(Cc3cccnc3)C(=O)CSc3ccc(Cl)cc3)nc12. The van der Waals surface area contributed by atoms with Crippen LogP contribution in [-0.2, 0) is 17.8 Å². The van der Waals surface area contributed by atoms with Crippen molar-refractivity contribution in [3.05, 3.63) is 83.1 Å². The summed E-state index contributed by atoms with van der Waals surface area (Å²) in [6.45, 7) is 2.56. The Labute approximate surface area is 188 Å². The van der Waals surface area contributed by atoms with E-state index in [0.29, 0.717) is 17.3 Å². The standard InChI is InChI=1S/C23H20ClN3OS2/c1-2-17-6-3-7-20-22(17)26-23(30-20)27(14-16-5-4-12-25-13-16)21(28)15-29-19-10-8-18(24)9-11-19/h3-13H,2,14-15H2,1H3. The number of aryl methyl sites for hydroxylation is 1. The second kappa shape index (κ2) is 9.60. The van der Waals surface area contributed by atoms with Crippen molar-refractivity contribution in [3.63, 3.8) is 0 Å². The van der Waals surface area contributed by atoms with E-state index in [4.69, 9.17) is 16.6 Å². The number of hydrogen-bond acceptors (Lipinski definition) is 5. The molecular formula is C23H20ClN3OS2. The molecule has 0 atom stereocenters. The molecule has 0 N–H and O–H groups in total.